The van der Waals surface area contributed by atoms with Crippen LogP contribution in [0.25, 0.3) is 10.6 Å². The molecule has 39 heavy (non-hydrogen) atoms. The van der Waals surface area contributed by atoms with Gasteiger partial charge in [0.15, 0.2) is 16.5 Å². The molecule has 200 valence electrons. The zero-order valence-corrected chi connectivity index (χ0v) is 21.8. The molecule has 0 N–H and O–H groups in total. The van der Waals surface area contributed by atoms with Crippen molar-refractivity contribution in [1.82, 2.24) is 19.7 Å². The van der Waals surface area contributed by atoms with Crippen LogP contribution in [0, 0.1) is 11.6 Å². The zero-order chi connectivity index (χ0) is 27.1. The van der Waals surface area contributed by atoms with Crippen LogP contribution in [0.4, 0.5) is 8.78 Å². The molecule has 1 unspecified atom stereocenters. The number of ether oxygens (including phenoxy) is 2. The Balaban J connectivity index is 1.43. The van der Waals surface area contributed by atoms with Gasteiger partial charge in [0.1, 0.15) is 23.2 Å². The van der Waals surface area contributed by atoms with Gasteiger partial charge in [-0.2, -0.15) is 0 Å². The Hall–Kier alpha value is -3.96. The monoisotopic (exact) mass is 550 g/mol. The Morgan fingerprint density at radius 1 is 1.08 bits per heavy atom. The average molecular weight is 551 g/mol. The lowest BCUT2D eigenvalue weighted by atomic mass is 10.0. The fourth-order valence-electron chi connectivity index (χ4n) is 5.12. The summed E-state index contributed by atoms with van der Waals surface area (Å²) in [5.74, 6) is -1.68. The van der Waals surface area contributed by atoms with Gasteiger partial charge in [0, 0.05) is 25.2 Å². The lowest BCUT2D eigenvalue weighted by molar-refractivity contribution is 0.0568. The standard InChI is InChI=1S/C28H24F2N4O4S/c1-2-33-21-14-37-15-22(21)34-12-19(27-32-31-23(39-27)10-17-8-9-18(29)11-20(17)30)25(35)26(24(34)28(33)36)38-13-16-6-4-3-5-7-16/h3-9,11-12,21-22H,2,10,13-15H2,1H3/t21-,22?/m0/s1. The fourth-order valence-corrected chi connectivity index (χ4v) is 5.99. The number of hydrogen-bond acceptors (Lipinski definition) is 7. The molecule has 0 aliphatic carbocycles. The summed E-state index contributed by atoms with van der Waals surface area (Å²) < 4.78 is 41.1. The minimum atomic E-state index is -0.677. The van der Waals surface area contributed by atoms with Crippen molar-refractivity contribution in [3.8, 4) is 16.3 Å². The van der Waals surface area contributed by atoms with Crippen LogP contribution in [-0.4, -0.2) is 51.4 Å². The van der Waals surface area contributed by atoms with Gasteiger partial charge in [0.25, 0.3) is 5.91 Å². The summed E-state index contributed by atoms with van der Waals surface area (Å²) in [6.07, 6.45) is 1.73. The van der Waals surface area contributed by atoms with E-state index in [-0.39, 0.29) is 53.6 Å². The zero-order valence-electron chi connectivity index (χ0n) is 21.0. The highest BCUT2D eigenvalue weighted by molar-refractivity contribution is 7.14. The predicted octanol–water partition coefficient (Wildman–Crippen LogP) is 4.23. The first-order valence-corrected chi connectivity index (χ1v) is 13.4. The summed E-state index contributed by atoms with van der Waals surface area (Å²) in [7, 11) is 0. The Bertz CT molecular complexity index is 1610. The van der Waals surface area contributed by atoms with Gasteiger partial charge >= 0.3 is 0 Å². The van der Waals surface area contributed by atoms with Crippen molar-refractivity contribution in [2.24, 2.45) is 0 Å². The van der Waals surface area contributed by atoms with Crippen LogP contribution < -0.4 is 10.2 Å². The molecule has 0 saturated carbocycles. The predicted molar refractivity (Wildman–Crippen MR) is 140 cm³/mol. The first-order valence-electron chi connectivity index (χ1n) is 12.6. The quantitative estimate of drug-likeness (QED) is 0.342. The van der Waals surface area contributed by atoms with E-state index in [1.54, 1.807) is 15.7 Å². The van der Waals surface area contributed by atoms with E-state index >= 15 is 0 Å². The minimum Gasteiger partial charge on any atom is -0.483 e. The number of halogens is 2. The van der Waals surface area contributed by atoms with Crippen molar-refractivity contribution in [2.75, 3.05) is 19.8 Å². The topological polar surface area (TPSA) is 86.5 Å². The van der Waals surface area contributed by atoms with Gasteiger partial charge in [-0.1, -0.05) is 47.7 Å². The summed E-state index contributed by atoms with van der Waals surface area (Å²) in [6.45, 7) is 3.25. The molecular weight excluding hydrogens is 526 g/mol. The normalized spacial score (nSPS) is 18.2. The molecule has 11 heteroatoms. The second-order valence-corrected chi connectivity index (χ2v) is 10.5. The number of hydrogen-bond donors (Lipinski definition) is 0. The highest BCUT2D eigenvalue weighted by atomic mass is 32.1. The number of fused-ring (bicyclic) bond motifs is 3. The van der Waals surface area contributed by atoms with Crippen molar-refractivity contribution in [1.29, 1.82) is 0 Å². The van der Waals surface area contributed by atoms with Crippen LogP contribution in [0.2, 0.25) is 0 Å². The number of aromatic nitrogens is 3. The summed E-state index contributed by atoms with van der Waals surface area (Å²) in [5, 5.41) is 9.14. The fraction of sp³-hybridized carbons (Fsp3) is 0.286. The molecule has 2 aromatic carbocycles. The molecule has 4 heterocycles. The summed E-state index contributed by atoms with van der Waals surface area (Å²) >= 11 is 1.13. The SMILES string of the molecule is CCN1C(=O)c2c(OCc3ccccc3)c(=O)c(-c3nnc(Cc4ccc(F)cc4F)s3)cn2C2COC[C@@H]21. The number of benzene rings is 2. The third-order valence-electron chi connectivity index (χ3n) is 7.06. The van der Waals surface area contributed by atoms with Crippen LogP contribution in [0.3, 0.4) is 0 Å². The minimum absolute atomic E-state index is 0.0496. The summed E-state index contributed by atoms with van der Waals surface area (Å²) in [5.41, 5.74) is 1.05. The van der Waals surface area contributed by atoms with E-state index in [4.69, 9.17) is 9.47 Å². The van der Waals surface area contributed by atoms with Gasteiger partial charge in [-0.25, -0.2) is 8.78 Å². The van der Waals surface area contributed by atoms with E-state index in [2.05, 4.69) is 10.2 Å². The second kappa shape index (κ2) is 10.3. The average Bonchev–Trinajstić information content (AvgIpc) is 3.61. The van der Waals surface area contributed by atoms with Crippen molar-refractivity contribution >= 4 is 17.2 Å². The molecule has 2 aromatic heterocycles. The largest absolute Gasteiger partial charge is 0.483 e. The van der Waals surface area contributed by atoms with Crippen LogP contribution in [0.5, 0.6) is 5.75 Å². The highest BCUT2D eigenvalue weighted by Gasteiger charge is 2.44. The molecule has 2 aliphatic heterocycles. The summed E-state index contributed by atoms with van der Waals surface area (Å²) in [6, 6.07) is 12.4. The van der Waals surface area contributed by atoms with Crippen molar-refractivity contribution in [3.63, 3.8) is 0 Å². The third-order valence-corrected chi connectivity index (χ3v) is 8.01. The van der Waals surface area contributed by atoms with Crippen LogP contribution in [-0.2, 0) is 17.8 Å². The molecule has 2 atom stereocenters. The molecule has 6 rings (SSSR count). The molecular formula is C28H24F2N4O4S. The molecule has 1 fully saturated rings. The number of carbonyl (C=O) groups excluding carboxylic acids is 1. The maximum atomic E-state index is 14.2. The smallest absolute Gasteiger partial charge is 0.274 e. The lowest BCUT2D eigenvalue weighted by Gasteiger charge is -2.39. The third kappa shape index (κ3) is 4.61. The van der Waals surface area contributed by atoms with E-state index in [1.165, 1.54) is 12.1 Å². The lowest BCUT2D eigenvalue weighted by Crippen LogP contribution is -2.51. The number of amides is 1. The van der Waals surface area contributed by atoms with Gasteiger partial charge in [-0.15, -0.1) is 10.2 Å². The number of carbonyl (C=O) groups is 1. The Morgan fingerprint density at radius 2 is 1.87 bits per heavy atom. The van der Waals surface area contributed by atoms with E-state index < -0.39 is 17.1 Å². The highest BCUT2D eigenvalue weighted by Crippen LogP contribution is 2.37. The molecule has 1 saturated heterocycles. The number of nitrogens with zero attached hydrogens (tertiary/aromatic N) is 4. The maximum Gasteiger partial charge on any atom is 0.274 e. The second-order valence-electron chi connectivity index (χ2n) is 9.41. The van der Waals surface area contributed by atoms with Crippen molar-refractivity contribution in [2.45, 2.75) is 32.0 Å². The molecule has 0 bridgehead atoms. The Labute approximate surface area is 226 Å². The van der Waals surface area contributed by atoms with Crippen LogP contribution >= 0.6 is 11.3 Å². The van der Waals surface area contributed by atoms with Gasteiger partial charge in [-0.05, 0) is 24.1 Å². The van der Waals surface area contributed by atoms with Crippen LogP contribution in [0.1, 0.15) is 39.6 Å². The van der Waals surface area contributed by atoms with E-state index in [9.17, 15) is 18.4 Å². The van der Waals surface area contributed by atoms with Crippen molar-refractivity contribution < 1.29 is 23.0 Å². The molecule has 8 nitrogen and oxygen atoms in total. The molecule has 1 amide bonds. The maximum absolute atomic E-state index is 14.2. The van der Waals surface area contributed by atoms with Gasteiger partial charge in [0.2, 0.25) is 5.43 Å². The first-order chi connectivity index (χ1) is 18.9. The summed E-state index contributed by atoms with van der Waals surface area (Å²) in [4.78, 5) is 29.2. The van der Waals surface area contributed by atoms with Gasteiger partial charge < -0.3 is 18.9 Å². The van der Waals surface area contributed by atoms with Gasteiger partial charge in [0.05, 0.1) is 30.9 Å². The van der Waals surface area contributed by atoms with Crippen molar-refractivity contribution in [3.05, 3.63) is 98.4 Å². The van der Waals surface area contributed by atoms with E-state index in [0.717, 1.165) is 23.0 Å². The van der Waals surface area contributed by atoms with Crippen LogP contribution in [0.15, 0.2) is 59.5 Å². The Morgan fingerprint density at radius 3 is 2.64 bits per heavy atom. The first kappa shape index (κ1) is 25.3. The van der Waals surface area contributed by atoms with E-state index in [0.29, 0.717) is 29.8 Å². The molecule has 2 aliphatic rings. The number of pyridine rings is 1. The number of rotatable bonds is 7. The molecule has 4 aromatic rings. The Kier molecular flexibility index (Phi) is 6.69. The molecule has 0 spiro atoms. The number of likely N-dealkylation sites (N-methyl/N-ethyl adjacent to an activating group) is 1. The molecule has 0 radical (unpaired) electrons. The van der Waals surface area contributed by atoms with E-state index in [1.807, 2.05) is 37.3 Å². The van der Waals surface area contributed by atoms with Gasteiger partial charge in [-0.3, -0.25) is 9.59 Å².